The Morgan fingerprint density at radius 3 is 2.68 bits per heavy atom. The van der Waals surface area contributed by atoms with Crippen LogP contribution in [0.4, 0.5) is 0 Å². The number of carbonyl (C=O) groups is 1. The lowest BCUT2D eigenvalue weighted by Crippen LogP contribution is -2.32. The van der Waals surface area contributed by atoms with Gasteiger partial charge in [0.1, 0.15) is 0 Å². The summed E-state index contributed by atoms with van der Waals surface area (Å²) in [5, 5.41) is 18.4. The molecule has 19 heavy (non-hydrogen) atoms. The maximum Gasteiger partial charge on any atom is 0.307 e. The summed E-state index contributed by atoms with van der Waals surface area (Å²) in [6.07, 6.45) is -0.384. The Hall–Kier alpha value is -1.43. The van der Waals surface area contributed by atoms with Crippen molar-refractivity contribution in [3.63, 3.8) is 0 Å². The molecule has 1 aromatic rings. The van der Waals surface area contributed by atoms with Crippen LogP contribution >= 0.6 is 0 Å². The summed E-state index contributed by atoms with van der Waals surface area (Å²) >= 11 is 0. The molecule has 1 aliphatic rings. The van der Waals surface area contributed by atoms with Gasteiger partial charge in [0.15, 0.2) is 0 Å². The van der Waals surface area contributed by atoms with Gasteiger partial charge in [-0.25, -0.2) is 0 Å². The molecule has 0 unspecified atom stereocenters. The molecule has 0 spiro atoms. The second-order valence-electron chi connectivity index (χ2n) is 4.85. The third-order valence-electron chi connectivity index (χ3n) is 3.12. The first-order valence-electron chi connectivity index (χ1n) is 6.41. The monoisotopic (exact) mass is 265 g/mol. The number of carboxylic acid groups (broad SMARTS) is 1. The summed E-state index contributed by atoms with van der Waals surface area (Å²) in [6.45, 7) is 3.18. The standard InChI is InChI=1S/C14H19NO4/c16-13-9-15(5-6-19-10-13)8-12-3-1-11(2-4-12)7-14(17)18/h1-4,13,16H,5-10H2,(H,17,18)/t13-/m1/s1. The number of β-amino-alcohol motifs (C(OH)–C–C–N with tert-alkyl or cyclic N) is 1. The van der Waals surface area contributed by atoms with Crippen molar-refractivity contribution in [2.45, 2.75) is 19.1 Å². The van der Waals surface area contributed by atoms with Crippen molar-refractivity contribution >= 4 is 5.97 Å². The van der Waals surface area contributed by atoms with Gasteiger partial charge in [0.25, 0.3) is 0 Å². The minimum Gasteiger partial charge on any atom is -0.481 e. The molecular formula is C14H19NO4. The molecule has 1 aromatic carbocycles. The van der Waals surface area contributed by atoms with Crippen LogP contribution in [-0.2, 0) is 22.5 Å². The molecule has 1 saturated heterocycles. The zero-order valence-electron chi connectivity index (χ0n) is 10.8. The number of hydrogen-bond acceptors (Lipinski definition) is 4. The van der Waals surface area contributed by atoms with Crippen molar-refractivity contribution in [1.29, 1.82) is 0 Å². The lowest BCUT2D eigenvalue weighted by Gasteiger charge is -2.20. The number of carboxylic acids is 1. The van der Waals surface area contributed by atoms with E-state index in [0.717, 1.165) is 24.2 Å². The van der Waals surface area contributed by atoms with Gasteiger partial charge in [-0.05, 0) is 11.1 Å². The van der Waals surface area contributed by atoms with E-state index in [9.17, 15) is 9.90 Å². The van der Waals surface area contributed by atoms with Gasteiger partial charge in [0.05, 0.1) is 25.7 Å². The minimum absolute atomic E-state index is 0.0521. The molecule has 0 aliphatic carbocycles. The van der Waals surface area contributed by atoms with Gasteiger partial charge in [0, 0.05) is 19.6 Å². The number of benzene rings is 1. The van der Waals surface area contributed by atoms with E-state index in [2.05, 4.69) is 4.90 Å². The molecule has 0 aromatic heterocycles. The maximum absolute atomic E-state index is 10.6. The molecule has 2 N–H and O–H groups in total. The van der Waals surface area contributed by atoms with Crippen LogP contribution in [-0.4, -0.2) is 53.5 Å². The Morgan fingerprint density at radius 1 is 1.32 bits per heavy atom. The van der Waals surface area contributed by atoms with Crippen molar-refractivity contribution in [2.75, 3.05) is 26.3 Å². The van der Waals surface area contributed by atoms with Gasteiger partial charge in [0.2, 0.25) is 0 Å². The molecule has 1 heterocycles. The highest BCUT2D eigenvalue weighted by Crippen LogP contribution is 2.10. The number of aliphatic carboxylic acids is 1. The van der Waals surface area contributed by atoms with Crippen LogP contribution < -0.4 is 0 Å². The van der Waals surface area contributed by atoms with Crippen molar-refractivity contribution < 1.29 is 19.7 Å². The van der Waals surface area contributed by atoms with Crippen LogP contribution in [0.1, 0.15) is 11.1 Å². The molecule has 5 heteroatoms. The first-order chi connectivity index (χ1) is 9.13. The van der Waals surface area contributed by atoms with E-state index in [1.165, 1.54) is 0 Å². The summed E-state index contributed by atoms with van der Waals surface area (Å²) in [5.41, 5.74) is 1.92. The van der Waals surface area contributed by atoms with E-state index in [4.69, 9.17) is 9.84 Å². The van der Waals surface area contributed by atoms with Gasteiger partial charge in [-0.3, -0.25) is 9.69 Å². The largest absolute Gasteiger partial charge is 0.481 e. The summed E-state index contributed by atoms with van der Waals surface area (Å²) in [4.78, 5) is 12.7. The molecular weight excluding hydrogens is 246 g/mol. The fraction of sp³-hybridized carbons (Fsp3) is 0.500. The number of hydrogen-bond donors (Lipinski definition) is 2. The minimum atomic E-state index is -0.819. The van der Waals surface area contributed by atoms with Crippen molar-refractivity contribution in [3.05, 3.63) is 35.4 Å². The van der Waals surface area contributed by atoms with E-state index in [-0.39, 0.29) is 6.42 Å². The Bertz CT molecular complexity index is 418. The fourth-order valence-electron chi connectivity index (χ4n) is 2.19. The highest BCUT2D eigenvalue weighted by molar-refractivity contribution is 5.70. The molecule has 0 amide bonds. The van der Waals surface area contributed by atoms with Gasteiger partial charge in [-0.15, -0.1) is 0 Å². The molecule has 0 saturated carbocycles. The highest BCUT2D eigenvalue weighted by atomic mass is 16.5. The summed E-state index contributed by atoms with van der Waals surface area (Å²) in [7, 11) is 0. The predicted octanol–water partition coefficient (Wildman–Crippen LogP) is 0.507. The summed E-state index contributed by atoms with van der Waals surface area (Å²) < 4.78 is 5.28. The molecule has 0 bridgehead atoms. The summed E-state index contributed by atoms with van der Waals surface area (Å²) in [6, 6.07) is 7.56. The SMILES string of the molecule is O=C(O)Cc1ccc(CN2CCOC[C@H](O)C2)cc1. The van der Waals surface area contributed by atoms with Gasteiger partial charge < -0.3 is 14.9 Å². The third kappa shape index (κ3) is 4.63. The van der Waals surface area contributed by atoms with Gasteiger partial charge >= 0.3 is 5.97 Å². The normalized spacial score (nSPS) is 21.0. The van der Waals surface area contributed by atoms with Crippen LogP contribution in [0, 0.1) is 0 Å². The molecule has 5 nitrogen and oxygen atoms in total. The fourth-order valence-corrected chi connectivity index (χ4v) is 2.19. The Balaban J connectivity index is 1.92. The van der Waals surface area contributed by atoms with Crippen molar-refractivity contribution in [2.24, 2.45) is 0 Å². The first-order valence-corrected chi connectivity index (χ1v) is 6.41. The van der Waals surface area contributed by atoms with E-state index < -0.39 is 12.1 Å². The number of nitrogens with zero attached hydrogens (tertiary/aromatic N) is 1. The molecule has 1 fully saturated rings. The molecule has 2 rings (SSSR count). The van der Waals surface area contributed by atoms with E-state index in [0.29, 0.717) is 19.8 Å². The van der Waals surface area contributed by atoms with Gasteiger partial charge in [-0.1, -0.05) is 24.3 Å². The van der Waals surface area contributed by atoms with Crippen LogP contribution in [0.15, 0.2) is 24.3 Å². The lowest BCUT2D eigenvalue weighted by molar-refractivity contribution is -0.136. The Morgan fingerprint density at radius 2 is 2.00 bits per heavy atom. The van der Waals surface area contributed by atoms with Crippen LogP contribution in [0.3, 0.4) is 0 Å². The van der Waals surface area contributed by atoms with Crippen molar-refractivity contribution in [1.82, 2.24) is 4.90 Å². The number of aliphatic hydroxyl groups excluding tert-OH is 1. The van der Waals surface area contributed by atoms with Gasteiger partial charge in [-0.2, -0.15) is 0 Å². The molecule has 1 atom stereocenters. The number of ether oxygens (including phenoxy) is 1. The zero-order valence-corrected chi connectivity index (χ0v) is 10.8. The second kappa shape index (κ2) is 6.65. The van der Waals surface area contributed by atoms with Crippen LogP contribution in [0.25, 0.3) is 0 Å². The Kier molecular flexibility index (Phi) is 4.90. The average molecular weight is 265 g/mol. The molecule has 0 radical (unpaired) electrons. The van der Waals surface area contributed by atoms with Crippen LogP contribution in [0.2, 0.25) is 0 Å². The van der Waals surface area contributed by atoms with E-state index >= 15 is 0 Å². The smallest absolute Gasteiger partial charge is 0.307 e. The molecule has 104 valence electrons. The van der Waals surface area contributed by atoms with Crippen LogP contribution in [0.5, 0.6) is 0 Å². The highest BCUT2D eigenvalue weighted by Gasteiger charge is 2.16. The predicted molar refractivity (Wildman–Crippen MR) is 69.9 cm³/mol. The van der Waals surface area contributed by atoms with E-state index in [1.807, 2.05) is 24.3 Å². The molecule has 1 aliphatic heterocycles. The topological polar surface area (TPSA) is 70.0 Å². The average Bonchev–Trinajstić information content (AvgIpc) is 2.55. The first kappa shape index (κ1) is 14.0. The van der Waals surface area contributed by atoms with Crippen molar-refractivity contribution in [3.8, 4) is 0 Å². The zero-order chi connectivity index (χ0) is 13.7. The number of aliphatic hydroxyl groups is 1. The maximum atomic E-state index is 10.6. The Labute approximate surface area is 112 Å². The lowest BCUT2D eigenvalue weighted by atomic mass is 10.1. The van der Waals surface area contributed by atoms with E-state index in [1.54, 1.807) is 0 Å². The number of rotatable bonds is 4. The second-order valence-corrected chi connectivity index (χ2v) is 4.85. The third-order valence-corrected chi connectivity index (χ3v) is 3.12. The summed E-state index contributed by atoms with van der Waals surface area (Å²) in [5.74, 6) is -0.819. The quantitative estimate of drug-likeness (QED) is 0.830.